The van der Waals surface area contributed by atoms with E-state index in [4.69, 9.17) is 4.74 Å². The lowest BCUT2D eigenvalue weighted by molar-refractivity contribution is -0.236. The van der Waals surface area contributed by atoms with Gasteiger partial charge in [-0.05, 0) is 6.42 Å². The molecule has 0 radical (unpaired) electrons. The highest BCUT2D eigenvalue weighted by molar-refractivity contribution is 4.89. The number of hydrogen-bond acceptors (Lipinski definition) is 2. The summed E-state index contributed by atoms with van der Waals surface area (Å²) in [5.41, 5.74) is -1.76. The molecule has 0 saturated carbocycles. The molecular weight excluding hydrogens is 173 g/mol. The topological polar surface area (TPSA) is 18.5 Å². The van der Waals surface area contributed by atoms with Crippen molar-refractivity contribution in [2.45, 2.75) is 12.6 Å². The molecule has 0 aromatic heterocycles. The van der Waals surface area contributed by atoms with E-state index >= 15 is 0 Å². The number of alkyl halides is 3. The van der Waals surface area contributed by atoms with Crippen LogP contribution in [0.4, 0.5) is 13.2 Å². The van der Waals surface area contributed by atoms with Crippen LogP contribution in [0.25, 0.3) is 0 Å². The van der Waals surface area contributed by atoms with E-state index in [-0.39, 0.29) is 26.2 Å². The first-order chi connectivity index (χ1) is 5.52. The monoisotopic (exact) mass is 184 g/mol. The fourth-order valence-corrected chi connectivity index (χ4v) is 1.30. The quantitative estimate of drug-likeness (QED) is 0.649. The van der Waals surface area contributed by atoms with Crippen LogP contribution in [0.1, 0.15) is 6.42 Å². The van der Waals surface area contributed by atoms with Crippen molar-refractivity contribution in [3.8, 4) is 0 Å². The van der Waals surface area contributed by atoms with Crippen LogP contribution in [0, 0.1) is 5.41 Å². The Morgan fingerprint density at radius 2 is 2.17 bits per heavy atom. The summed E-state index contributed by atoms with van der Waals surface area (Å²) in [6, 6.07) is 0. The molecular formula is C7H11F3O2. The van der Waals surface area contributed by atoms with E-state index in [2.05, 4.69) is 4.74 Å². The van der Waals surface area contributed by atoms with E-state index in [9.17, 15) is 13.2 Å². The summed E-state index contributed by atoms with van der Waals surface area (Å²) in [7, 11) is 1.27. The van der Waals surface area contributed by atoms with Gasteiger partial charge < -0.3 is 9.47 Å². The second-order valence-corrected chi connectivity index (χ2v) is 3.01. The SMILES string of the molecule is COCC1(C(F)(F)F)CCOC1. The lowest BCUT2D eigenvalue weighted by atomic mass is 9.88. The summed E-state index contributed by atoms with van der Waals surface area (Å²) in [6.07, 6.45) is -4.22. The normalized spacial score (nSPS) is 31.0. The molecule has 72 valence electrons. The third-order valence-corrected chi connectivity index (χ3v) is 2.13. The Morgan fingerprint density at radius 1 is 1.50 bits per heavy atom. The van der Waals surface area contributed by atoms with Crippen molar-refractivity contribution in [1.29, 1.82) is 0 Å². The minimum atomic E-state index is -4.22. The summed E-state index contributed by atoms with van der Waals surface area (Å²) in [5.74, 6) is 0. The number of methoxy groups -OCH3 is 1. The molecule has 1 fully saturated rings. The van der Waals surface area contributed by atoms with Crippen LogP contribution >= 0.6 is 0 Å². The first kappa shape index (κ1) is 9.80. The first-order valence-electron chi connectivity index (χ1n) is 3.65. The van der Waals surface area contributed by atoms with Crippen LogP contribution in [0.15, 0.2) is 0 Å². The molecule has 2 nitrogen and oxygen atoms in total. The third kappa shape index (κ3) is 1.56. The fraction of sp³-hybridized carbons (Fsp3) is 1.00. The molecule has 1 heterocycles. The Balaban J connectivity index is 2.72. The van der Waals surface area contributed by atoms with Gasteiger partial charge in [0.1, 0.15) is 5.41 Å². The van der Waals surface area contributed by atoms with Crippen LogP contribution in [0.5, 0.6) is 0 Å². The predicted molar refractivity (Wildman–Crippen MR) is 35.8 cm³/mol. The minimum absolute atomic E-state index is 0.00431. The molecule has 1 saturated heterocycles. The summed E-state index contributed by atoms with van der Waals surface area (Å²) >= 11 is 0. The average Bonchev–Trinajstić information content (AvgIpc) is 2.36. The molecule has 5 heteroatoms. The highest BCUT2D eigenvalue weighted by Gasteiger charge is 2.56. The summed E-state index contributed by atoms with van der Waals surface area (Å²) in [6.45, 7) is -0.413. The second kappa shape index (κ2) is 3.22. The van der Waals surface area contributed by atoms with Crippen molar-refractivity contribution in [3.63, 3.8) is 0 Å². The zero-order valence-electron chi connectivity index (χ0n) is 6.78. The van der Waals surface area contributed by atoms with Crippen LogP contribution in [0.2, 0.25) is 0 Å². The van der Waals surface area contributed by atoms with Crippen LogP contribution in [-0.4, -0.2) is 33.1 Å². The Bertz CT molecular complexity index is 149. The van der Waals surface area contributed by atoms with Crippen molar-refractivity contribution in [2.24, 2.45) is 5.41 Å². The Hall–Kier alpha value is -0.290. The van der Waals surface area contributed by atoms with E-state index in [0.29, 0.717) is 0 Å². The van der Waals surface area contributed by atoms with E-state index in [1.54, 1.807) is 0 Å². The Morgan fingerprint density at radius 3 is 2.50 bits per heavy atom. The number of ether oxygens (including phenoxy) is 2. The molecule has 0 aromatic rings. The van der Waals surface area contributed by atoms with E-state index < -0.39 is 11.6 Å². The Labute approximate surface area is 68.6 Å². The molecule has 1 aliphatic heterocycles. The maximum atomic E-state index is 12.4. The standard InChI is InChI=1S/C7H11F3O2/c1-11-4-6(7(8,9)10)2-3-12-5-6/h2-5H2,1H3. The molecule has 0 N–H and O–H groups in total. The average molecular weight is 184 g/mol. The smallest absolute Gasteiger partial charge is 0.384 e. The number of hydrogen-bond donors (Lipinski definition) is 0. The van der Waals surface area contributed by atoms with Crippen LogP contribution in [-0.2, 0) is 9.47 Å². The van der Waals surface area contributed by atoms with Gasteiger partial charge in [-0.1, -0.05) is 0 Å². The van der Waals surface area contributed by atoms with Gasteiger partial charge in [-0.3, -0.25) is 0 Å². The fourth-order valence-electron chi connectivity index (χ4n) is 1.30. The molecule has 0 amide bonds. The largest absolute Gasteiger partial charge is 0.399 e. The molecule has 1 atom stereocenters. The maximum Gasteiger partial charge on any atom is 0.399 e. The van der Waals surface area contributed by atoms with Crippen molar-refractivity contribution < 1.29 is 22.6 Å². The molecule has 12 heavy (non-hydrogen) atoms. The maximum absolute atomic E-state index is 12.4. The highest BCUT2D eigenvalue weighted by Crippen LogP contribution is 2.44. The van der Waals surface area contributed by atoms with E-state index in [0.717, 1.165) is 0 Å². The third-order valence-electron chi connectivity index (χ3n) is 2.13. The lowest BCUT2D eigenvalue weighted by Gasteiger charge is -2.28. The van der Waals surface area contributed by atoms with Gasteiger partial charge in [0.05, 0.1) is 13.2 Å². The minimum Gasteiger partial charge on any atom is -0.384 e. The molecule has 0 aromatic carbocycles. The van der Waals surface area contributed by atoms with E-state index in [1.807, 2.05) is 0 Å². The van der Waals surface area contributed by atoms with Gasteiger partial charge in [-0.2, -0.15) is 13.2 Å². The zero-order valence-corrected chi connectivity index (χ0v) is 6.78. The van der Waals surface area contributed by atoms with Gasteiger partial charge in [0, 0.05) is 13.7 Å². The number of halogens is 3. The molecule has 1 rings (SSSR count). The number of rotatable bonds is 2. The second-order valence-electron chi connectivity index (χ2n) is 3.01. The van der Waals surface area contributed by atoms with Gasteiger partial charge in [0.15, 0.2) is 0 Å². The summed E-state index contributed by atoms with van der Waals surface area (Å²) in [5, 5.41) is 0. The van der Waals surface area contributed by atoms with Crippen molar-refractivity contribution in [3.05, 3.63) is 0 Å². The summed E-state index contributed by atoms with van der Waals surface area (Å²) in [4.78, 5) is 0. The van der Waals surface area contributed by atoms with Crippen molar-refractivity contribution >= 4 is 0 Å². The van der Waals surface area contributed by atoms with Crippen LogP contribution < -0.4 is 0 Å². The highest BCUT2D eigenvalue weighted by atomic mass is 19.4. The molecule has 0 bridgehead atoms. The lowest BCUT2D eigenvalue weighted by Crippen LogP contribution is -2.42. The predicted octanol–water partition coefficient (Wildman–Crippen LogP) is 1.60. The first-order valence-corrected chi connectivity index (χ1v) is 3.65. The molecule has 0 spiro atoms. The summed E-state index contributed by atoms with van der Waals surface area (Å²) < 4.78 is 46.6. The molecule has 1 aliphatic rings. The van der Waals surface area contributed by atoms with Crippen molar-refractivity contribution in [1.82, 2.24) is 0 Å². The molecule has 1 unspecified atom stereocenters. The van der Waals surface area contributed by atoms with Crippen LogP contribution in [0.3, 0.4) is 0 Å². The van der Waals surface area contributed by atoms with Gasteiger partial charge in [0.25, 0.3) is 0 Å². The van der Waals surface area contributed by atoms with Crippen molar-refractivity contribution in [2.75, 3.05) is 26.9 Å². The van der Waals surface area contributed by atoms with Gasteiger partial charge in [-0.15, -0.1) is 0 Å². The molecule has 0 aliphatic carbocycles. The van der Waals surface area contributed by atoms with Gasteiger partial charge in [-0.25, -0.2) is 0 Å². The van der Waals surface area contributed by atoms with Gasteiger partial charge in [0.2, 0.25) is 0 Å². The van der Waals surface area contributed by atoms with Gasteiger partial charge >= 0.3 is 6.18 Å². The van der Waals surface area contributed by atoms with E-state index in [1.165, 1.54) is 7.11 Å². The zero-order chi connectivity index (χ0) is 9.24. The Kier molecular flexibility index (Phi) is 2.63.